The third kappa shape index (κ3) is 2.25. The van der Waals surface area contributed by atoms with E-state index in [-0.39, 0.29) is 11.3 Å². The molecule has 0 radical (unpaired) electrons. The number of aromatic nitrogens is 2. The number of hydrogen-bond donors (Lipinski definition) is 1. The lowest BCUT2D eigenvalue weighted by Gasteiger charge is -2.04. The molecule has 1 aromatic heterocycles. The van der Waals surface area contributed by atoms with Gasteiger partial charge in [-0.2, -0.15) is 9.46 Å². The Morgan fingerprint density at radius 3 is 2.62 bits per heavy atom. The van der Waals surface area contributed by atoms with Crippen molar-refractivity contribution in [2.24, 2.45) is 4.36 Å². The van der Waals surface area contributed by atoms with Gasteiger partial charge in [-0.3, -0.25) is 9.59 Å². The standard InChI is InChI=1S/C17H13N3O3S/c21-16-13-7-3-2-6-12(13)15(18-19-16)17(22)20-24(23)10-9-11-5-1-4-8-14(11)24/h1-8H,9-10H2,(H,19,21). The summed E-state index contributed by atoms with van der Waals surface area (Å²) in [5.74, 6) is -0.358. The van der Waals surface area contributed by atoms with Crippen molar-refractivity contribution in [3.8, 4) is 0 Å². The maximum Gasteiger partial charge on any atom is 0.306 e. The highest BCUT2D eigenvalue weighted by atomic mass is 32.2. The fourth-order valence-corrected chi connectivity index (χ4v) is 5.06. The lowest BCUT2D eigenvalue weighted by molar-refractivity contribution is 0.100. The molecule has 3 aromatic rings. The first-order valence-electron chi connectivity index (χ1n) is 7.43. The Morgan fingerprint density at radius 1 is 1.08 bits per heavy atom. The van der Waals surface area contributed by atoms with Gasteiger partial charge in [-0.1, -0.05) is 36.4 Å². The highest BCUT2D eigenvalue weighted by Gasteiger charge is 2.26. The third-order valence-corrected chi connectivity index (χ3v) is 6.40. The van der Waals surface area contributed by atoms with E-state index in [9.17, 15) is 13.8 Å². The van der Waals surface area contributed by atoms with Gasteiger partial charge in [0.15, 0.2) is 5.69 Å². The predicted molar refractivity (Wildman–Crippen MR) is 90.5 cm³/mol. The summed E-state index contributed by atoms with van der Waals surface area (Å²) in [6.45, 7) is 0. The summed E-state index contributed by atoms with van der Waals surface area (Å²) in [4.78, 5) is 25.0. The highest BCUT2D eigenvalue weighted by molar-refractivity contribution is 7.94. The number of carbonyl (C=O) groups excluding carboxylic acids is 1. The number of nitrogens with zero attached hydrogens (tertiary/aromatic N) is 2. The minimum absolute atomic E-state index is 0.0114. The van der Waals surface area contributed by atoms with Crippen molar-refractivity contribution in [3.05, 3.63) is 70.1 Å². The molecule has 6 nitrogen and oxygen atoms in total. The molecule has 0 spiro atoms. The molecule has 0 saturated heterocycles. The lowest BCUT2D eigenvalue weighted by Crippen LogP contribution is -2.14. The van der Waals surface area contributed by atoms with E-state index >= 15 is 0 Å². The minimum Gasteiger partial charge on any atom is -0.267 e. The SMILES string of the molecule is O=C(N=S1(=O)CCc2ccccc21)c1n[nH]c(=O)c2ccccc12. The fraction of sp³-hybridized carbons (Fsp3) is 0.118. The van der Waals surface area contributed by atoms with Gasteiger partial charge < -0.3 is 0 Å². The average molecular weight is 339 g/mol. The molecule has 4 rings (SSSR count). The zero-order valence-corrected chi connectivity index (χ0v) is 13.4. The largest absolute Gasteiger partial charge is 0.306 e. The van der Waals surface area contributed by atoms with Crippen molar-refractivity contribution >= 4 is 26.4 Å². The summed E-state index contributed by atoms with van der Waals surface area (Å²) in [5, 5.41) is 6.89. The molecular weight excluding hydrogens is 326 g/mol. The summed E-state index contributed by atoms with van der Waals surface area (Å²) >= 11 is 0. The van der Waals surface area contributed by atoms with E-state index in [2.05, 4.69) is 14.6 Å². The van der Waals surface area contributed by atoms with Crippen LogP contribution in [0, 0.1) is 0 Å². The molecule has 0 aliphatic carbocycles. The maximum atomic E-state index is 13.1. The van der Waals surface area contributed by atoms with Gasteiger partial charge in [-0.15, -0.1) is 0 Å². The molecule has 120 valence electrons. The molecular formula is C17H13N3O3S. The first-order valence-corrected chi connectivity index (χ1v) is 9.11. The second-order valence-electron chi connectivity index (χ2n) is 5.55. The Bertz CT molecular complexity index is 1160. The van der Waals surface area contributed by atoms with E-state index in [1.807, 2.05) is 12.1 Å². The third-order valence-electron chi connectivity index (χ3n) is 4.09. The van der Waals surface area contributed by atoms with Crippen LogP contribution in [0.25, 0.3) is 10.8 Å². The van der Waals surface area contributed by atoms with Crippen molar-refractivity contribution in [3.63, 3.8) is 0 Å². The molecule has 2 heterocycles. The van der Waals surface area contributed by atoms with Crippen LogP contribution in [0.4, 0.5) is 0 Å². The van der Waals surface area contributed by atoms with Crippen molar-refractivity contribution in [2.75, 3.05) is 5.75 Å². The van der Waals surface area contributed by atoms with Crippen LogP contribution in [0.5, 0.6) is 0 Å². The molecule has 1 aliphatic heterocycles. The Labute approximate surface area is 137 Å². The molecule has 0 fully saturated rings. The van der Waals surface area contributed by atoms with E-state index in [0.717, 1.165) is 5.56 Å². The predicted octanol–water partition coefficient (Wildman–Crippen LogP) is 2.15. The van der Waals surface area contributed by atoms with Crippen molar-refractivity contribution in [2.45, 2.75) is 11.3 Å². The zero-order chi connectivity index (χ0) is 16.7. The Morgan fingerprint density at radius 2 is 1.79 bits per heavy atom. The van der Waals surface area contributed by atoms with Crippen LogP contribution in [-0.4, -0.2) is 26.1 Å². The van der Waals surface area contributed by atoms with Gasteiger partial charge in [0.1, 0.15) is 0 Å². The fourth-order valence-electron chi connectivity index (χ4n) is 2.93. The zero-order valence-electron chi connectivity index (χ0n) is 12.6. The van der Waals surface area contributed by atoms with Crippen LogP contribution in [0.3, 0.4) is 0 Å². The van der Waals surface area contributed by atoms with Gasteiger partial charge in [-0.25, -0.2) is 9.31 Å². The summed E-state index contributed by atoms with van der Waals surface area (Å²) in [7, 11) is -2.80. The minimum atomic E-state index is -2.80. The van der Waals surface area contributed by atoms with E-state index < -0.39 is 15.6 Å². The average Bonchev–Trinajstić information content (AvgIpc) is 2.93. The topological polar surface area (TPSA) is 92.2 Å². The number of rotatable bonds is 1. The summed E-state index contributed by atoms with van der Waals surface area (Å²) in [6, 6.07) is 14.0. The normalized spacial score (nSPS) is 19.2. The Hall–Kier alpha value is -2.80. The molecule has 2 aromatic carbocycles. The van der Waals surface area contributed by atoms with Crippen molar-refractivity contribution in [1.82, 2.24) is 10.2 Å². The number of H-pyrrole nitrogens is 1. The number of aromatic amines is 1. The van der Waals surface area contributed by atoms with Gasteiger partial charge in [0.25, 0.3) is 5.56 Å². The van der Waals surface area contributed by atoms with E-state index in [1.165, 1.54) is 0 Å². The first kappa shape index (κ1) is 14.8. The molecule has 1 N–H and O–H groups in total. The molecule has 1 atom stereocenters. The highest BCUT2D eigenvalue weighted by Crippen LogP contribution is 2.28. The lowest BCUT2D eigenvalue weighted by atomic mass is 10.1. The maximum absolute atomic E-state index is 13.1. The molecule has 1 unspecified atom stereocenters. The molecule has 1 aliphatic rings. The molecule has 1 amide bonds. The van der Waals surface area contributed by atoms with E-state index in [4.69, 9.17) is 0 Å². The van der Waals surface area contributed by atoms with E-state index in [1.54, 1.807) is 36.4 Å². The molecule has 0 saturated carbocycles. The number of hydrogen-bond acceptors (Lipinski definition) is 4. The number of fused-ring (bicyclic) bond motifs is 2. The van der Waals surface area contributed by atoms with Crippen LogP contribution in [-0.2, 0) is 16.1 Å². The van der Waals surface area contributed by atoms with Crippen molar-refractivity contribution in [1.29, 1.82) is 0 Å². The van der Waals surface area contributed by atoms with Crippen LogP contribution in [0.1, 0.15) is 16.1 Å². The van der Waals surface area contributed by atoms with Gasteiger partial charge in [0.2, 0.25) is 0 Å². The van der Waals surface area contributed by atoms with Crippen LogP contribution < -0.4 is 5.56 Å². The molecule has 7 heteroatoms. The number of benzene rings is 2. The van der Waals surface area contributed by atoms with Crippen molar-refractivity contribution < 1.29 is 9.00 Å². The number of nitrogens with one attached hydrogen (secondary N) is 1. The summed E-state index contributed by atoms with van der Waals surface area (Å²) < 4.78 is 17.1. The number of amides is 1. The van der Waals surface area contributed by atoms with Gasteiger partial charge in [-0.05, 0) is 24.1 Å². The number of aryl methyl sites for hydroxylation is 1. The quantitative estimate of drug-likeness (QED) is 0.735. The van der Waals surface area contributed by atoms with Gasteiger partial charge >= 0.3 is 5.91 Å². The van der Waals surface area contributed by atoms with Gasteiger partial charge in [0.05, 0.1) is 20.0 Å². The monoisotopic (exact) mass is 339 g/mol. The Kier molecular flexibility index (Phi) is 3.31. The smallest absolute Gasteiger partial charge is 0.267 e. The van der Waals surface area contributed by atoms with Gasteiger partial charge in [0, 0.05) is 11.1 Å². The van der Waals surface area contributed by atoms with Crippen LogP contribution >= 0.6 is 0 Å². The van der Waals surface area contributed by atoms with Crippen LogP contribution in [0.2, 0.25) is 0 Å². The van der Waals surface area contributed by atoms with Crippen LogP contribution in [0.15, 0.2) is 62.6 Å². The Balaban J connectivity index is 1.89. The first-order chi connectivity index (χ1) is 11.6. The summed E-state index contributed by atoms with van der Waals surface area (Å²) in [5.41, 5.74) is 0.591. The van der Waals surface area contributed by atoms with E-state index in [0.29, 0.717) is 27.8 Å². The molecule has 24 heavy (non-hydrogen) atoms. The number of carbonyl (C=O) groups is 1. The summed E-state index contributed by atoms with van der Waals surface area (Å²) in [6.07, 6.45) is 0.631. The second-order valence-corrected chi connectivity index (χ2v) is 7.86. The second kappa shape index (κ2) is 5.38. The molecule has 0 bridgehead atoms.